The van der Waals surface area contributed by atoms with Gasteiger partial charge in [0.05, 0.1) is 5.69 Å². The predicted octanol–water partition coefficient (Wildman–Crippen LogP) is 1.98. The maximum Gasteiger partial charge on any atom is 0.220 e. The number of rotatable bonds is 7. The zero-order valence-electron chi connectivity index (χ0n) is 16.4. The molecule has 1 fully saturated rings. The van der Waals surface area contributed by atoms with Gasteiger partial charge in [-0.2, -0.15) is 4.31 Å². The first-order valence-corrected chi connectivity index (χ1v) is 11.5. The maximum absolute atomic E-state index is 12.5. The van der Waals surface area contributed by atoms with Gasteiger partial charge in [-0.3, -0.25) is 4.99 Å². The Morgan fingerprint density at radius 2 is 2.00 bits per heavy atom. The van der Waals surface area contributed by atoms with Gasteiger partial charge < -0.3 is 14.7 Å². The lowest BCUT2D eigenvalue weighted by Gasteiger charge is -2.35. The van der Waals surface area contributed by atoms with Gasteiger partial charge in [0.2, 0.25) is 10.0 Å². The molecule has 10 heteroatoms. The monoisotopic (exact) mass is 439 g/mol. The number of hydrogen-bond acceptors (Lipinski definition) is 5. The van der Waals surface area contributed by atoms with Gasteiger partial charge in [0.25, 0.3) is 0 Å². The fraction of sp³-hybridized carbons (Fsp3) is 0.474. The van der Waals surface area contributed by atoms with Crippen LogP contribution in [0.5, 0.6) is 0 Å². The van der Waals surface area contributed by atoms with E-state index in [-0.39, 0.29) is 5.75 Å². The van der Waals surface area contributed by atoms with Gasteiger partial charge in [0, 0.05) is 50.9 Å². The summed E-state index contributed by atoms with van der Waals surface area (Å²) in [6.07, 6.45) is 3.19. The molecule has 1 aromatic heterocycles. The van der Waals surface area contributed by atoms with Crippen LogP contribution in [0.3, 0.4) is 0 Å². The van der Waals surface area contributed by atoms with E-state index in [1.54, 1.807) is 13.1 Å². The molecule has 0 spiro atoms. The second kappa shape index (κ2) is 10.1. The summed E-state index contributed by atoms with van der Waals surface area (Å²) in [5.74, 6) is 0.649. The second-order valence-corrected chi connectivity index (χ2v) is 9.18. The number of halogens is 1. The molecular weight excluding hydrogens is 414 g/mol. The summed E-state index contributed by atoms with van der Waals surface area (Å²) in [4.78, 5) is 6.42. The molecule has 0 atom stereocenters. The van der Waals surface area contributed by atoms with Crippen molar-refractivity contribution < 1.29 is 12.9 Å². The van der Waals surface area contributed by atoms with Crippen LogP contribution in [0, 0.1) is 0 Å². The Morgan fingerprint density at radius 1 is 1.24 bits per heavy atom. The average molecular weight is 440 g/mol. The summed E-state index contributed by atoms with van der Waals surface area (Å²) in [6, 6.07) is 9.43. The number of nitrogens with one attached hydrogen (secondary N) is 1. The Hall–Kier alpha value is -2.10. The van der Waals surface area contributed by atoms with Gasteiger partial charge in [-0.25, -0.2) is 8.42 Å². The molecule has 0 amide bonds. The Kier molecular flexibility index (Phi) is 7.51. The van der Waals surface area contributed by atoms with E-state index in [1.807, 2.05) is 24.3 Å². The van der Waals surface area contributed by atoms with Crippen molar-refractivity contribution in [2.45, 2.75) is 18.6 Å². The zero-order valence-corrected chi connectivity index (χ0v) is 18.0. The van der Waals surface area contributed by atoms with Crippen molar-refractivity contribution in [2.24, 2.45) is 4.99 Å². The number of aryl methyl sites for hydroxylation is 1. The van der Waals surface area contributed by atoms with Gasteiger partial charge in [0.1, 0.15) is 12.0 Å². The number of nitrogens with zero attached hydrogens (tertiary/aromatic N) is 4. The van der Waals surface area contributed by atoms with Crippen LogP contribution in [0.4, 0.5) is 0 Å². The van der Waals surface area contributed by atoms with E-state index in [0.29, 0.717) is 31.9 Å². The number of aromatic nitrogens is 1. The van der Waals surface area contributed by atoms with E-state index in [9.17, 15) is 8.42 Å². The molecule has 158 valence electrons. The molecule has 0 aliphatic carbocycles. The maximum atomic E-state index is 12.5. The number of aliphatic imine (C=N–C) groups is 1. The highest BCUT2D eigenvalue weighted by Crippen LogP contribution is 2.16. The summed E-state index contributed by atoms with van der Waals surface area (Å²) in [6.45, 7) is 2.77. The lowest BCUT2D eigenvalue weighted by Crippen LogP contribution is -2.54. The number of benzene rings is 1. The normalized spacial score (nSPS) is 16.2. The van der Waals surface area contributed by atoms with Crippen molar-refractivity contribution in [3.05, 3.63) is 52.9 Å². The predicted molar refractivity (Wildman–Crippen MR) is 113 cm³/mol. The van der Waals surface area contributed by atoms with Crippen LogP contribution in [0.2, 0.25) is 5.02 Å². The molecule has 3 rings (SSSR count). The molecule has 2 aromatic rings. The summed E-state index contributed by atoms with van der Waals surface area (Å²) in [5, 5.41) is 7.85. The number of guanidine groups is 1. The van der Waals surface area contributed by atoms with Crippen LogP contribution in [0.25, 0.3) is 0 Å². The summed E-state index contributed by atoms with van der Waals surface area (Å²) in [5.41, 5.74) is 1.56. The van der Waals surface area contributed by atoms with Crippen LogP contribution in [-0.4, -0.2) is 68.5 Å². The van der Waals surface area contributed by atoms with E-state index in [1.165, 1.54) is 10.6 Å². The average Bonchev–Trinajstić information content (AvgIpc) is 3.22. The van der Waals surface area contributed by atoms with E-state index in [4.69, 9.17) is 16.1 Å². The molecule has 1 N–H and O–H groups in total. The minimum atomic E-state index is -3.41. The van der Waals surface area contributed by atoms with Gasteiger partial charge in [-0.05, 0) is 24.5 Å². The number of hydrogen-bond donors (Lipinski definition) is 1. The van der Waals surface area contributed by atoms with Gasteiger partial charge >= 0.3 is 0 Å². The molecule has 0 bridgehead atoms. The first kappa shape index (κ1) is 21.6. The molecule has 1 aliphatic heterocycles. The molecule has 0 saturated carbocycles. The number of piperazine rings is 1. The third-order valence-corrected chi connectivity index (χ3v) is 7.01. The van der Waals surface area contributed by atoms with Crippen LogP contribution in [0.1, 0.15) is 17.7 Å². The fourth-order valence-electron chi connectivity index (χ4n) is 3.28. The molecule has 1 aliphatic rings. The van der Waals surface area contributed by atoms with Crippen molar-refractivity contribution in [1.82, 2.24) is 19.7 Å². The minimum absolute atomic E-state index is 0.140. The van der Waals surface area contributed by atoms with E-state index < -0.39 is 10.0 Å². The third-order valence-electron chi connectivity index (χ3n) is 4.83. The van der Waals surface area contributed by atoms with Crippen LogP contribution >= 0.6 is 11.6 Å². The van der Waals surface area contributed by atoms with Crippen molar-refractivity contribution in [1.29, 1.82) is 0 Å². The van der Waals surface area contributed by atoms with Crippen molar-refractivity contribution in [3.63, 3.8) is 0 Å². The molecule has 1 saturated heterocycles. The van der Waals surface area contributed by atoms with Crippen LogP contribution in [0.15, 0.2) is 46.1 Å². The molecule has 8 nitrogen and oxygen atoms in total. The highest BCUT2D eigenvalue weighted by atomic mass is 35.5. The van der Waals surface area contributed by atoms with Gasteiger partial charge in [-0.15, -0.1) is 0 Å². The van der Waals surface area contributed by atoms with Gasteiger partial charge in [-0.1, -0.05) is 35.0 Å². The Morgan fingerprint density at radius 3 is 2.66 bits per heavy atom. The molecular formula is C19H26ClN5O3S. The SMILES string of the molecule is CN=C(NCCCc1ccccc1Cl)N1CCN(S(=O)(=O)Cc2ccon2)CC1. The second-order valence-electron chi connectivity index (χ2n) is 6.80. The topological polar surface area (TPSA) is 91.0 Å². The highest BCUT2D eigenvalue weighted by Gasteiger charge is 2.28. The Balaban J connectivity index is 1.44. The lowest BCUT2D eigenvalue weighted by atomic mass is 10.1. The van der Waals surface area contributed by atoms with Gasteiger partial charge in [0.15, 0.2) is 5.96 Å². The van der Waals surface area contributed by atoms with Crippen LogP contribution < -0.4 is 5.32 Å². The van der Waals surface area contributed by atoms with E-state index >= 15 is 0 Å². The Bertz CT molecular complexity index is 910. The molecule has 1 aromatic carbocycles. The lowest BCUT2D eigenvalue weighted by molar-refractivity contribution is 0.260. The van der Waals surface area contributed by atoms with Crippen LogP contribution in [-0.2, 0) is 22.2 Å². The standard InChI is InChI=1S/C19H26ClN5O3S/c1-21-19(22-9-4-6-16-5-2-3-7-18(16)20)24-10-12-25(13-11-24)29(26,27)15-17-8-14-28-23-17/h2-3,5,7-8,14H,4,6,9-13,15H2,1H3,(H,21,22). The highest BCUT2D eigenvalue weighted by molar-refractivity contribution is 7.88. The summed E-state index contributed by atoms with van der Waals surface area (Å²) >= 11 is 6.19. The molecule has 0 radical (unpaired) electrons. The molecule has 29 heavy (non-hydrogen) atoms. The minimum Gasteiger partial charge on any atom is -0.364 e. The van der Waals surface area contributed by atoms with Crippen molar-refractivity contribution in [3.8, 4) is 0 Å². The number of sulfonamides is 1. The molecule has 0 unspecified atom stereocenters. The van der Waals surface area contributed by atoms with E-state index in [2.05, 4.69) is 20.4 Å². The summed E-state index contributed by atoms with van der Waals surface area (Å²) in [7, 11) is -1.67. The third kappa shape index (κ3) is 5.94. The fourth-order valence-corrected chi connectivity index (χ4v) is 4.94. The smallest absolute Gasteiger partial charge is 0.220 e. The first-order chi connectivity index (χ1) is 14.0. The summed E-state index contributed by atoms with van der Waals surface area (Å²) < 4.78 is 31.3. The van der Waals surface area contributed by atoms with Crippen molar-refractivity contribution in [2.75, 3.05) is 39.8 Å². The first-order valence-electron chi connectivity index (χ1n) is 9.55. The Labute approximate surface area is 176 Å². The largest absolute Gasteiger partial charge is 0.364 e. The molecule has 2 heterocycles. The zero-order chi connectivity index (χ0) is 20.7. The van der Waals surface area contributed by atoms with Crippen molar-refractivity contribution >= 4 is 27.6 Å². The quantitative estimate of drug-likeness (QED) is 0.403. The van der Waals surface area contributed by atoms with E-state index in [0.717, 1.165) is 35.9 Å².